The molecule has 0 fully saturated rings. The van der Waals surface area contributed by atoms with Crippen LogP contribution in [0.4, 0.5) is 11.4 Å². The van der Waals surface area contributed by atoms with E-state index in [1.54, 1.807) is 0 Å². The van der Waals surface area contributed by atoms with E-state index in [-0.39, 0.29) is 5.41 Å². The van der Waals surface area contributed by atoms with Crippen molar-refractivity contribution in [2.75, 3.05) is 5.32 Å². The first-order valence-corrected chi connectivity index (χ1v) is 24.4. The summed E-state index contributed by atoms with van der Waals surface area (Å²) in [5.74, 6) is 1.80. The summed E-state index contributed by atoms with van der Waals surface area (Å²) in [6, 6.07) is 67.3. The van der Waals surface area contributed by atoms with E-state index in [1.807, 2.05) is 22.7 Å². The van der Waals surface area contributed by atoms with Crippen molar-refractivity contribution in [3.05, 3.63) is 188 Å². The highest BCUT2D eigenvalue weighted by Gasteiger charge is 2.30. The Morgan fingerprint density at radius 1 is 0.485 bits per heavy atom. The van der Waals surface area contributed by atoms with Gasteiger partial charge in [-0.1, -0.05) is 154 Å². The summed E-state index contributed by atoms with van der Waals surface area (Å²) in [4.78, 5) is 0. The largest absolute Gasteiger partial charge is 0.455 e. The zero-order valence-electron chi connectivity index (χ0n) is 36.7. The first-order chi connectivity index (χ1) is 32.3. The van der Waals surface area contributed by atoms with Crippen molar-refractivity contribution >= 4 is 125 Å². The maximum atomic E-state index is 7.01. The summed E-state index contributed by atoms with van der Waals surface area (Å²) in [5, 5.41) is 14.0. The first-order valence-electron chi connectivity index (χ1n) is 22.8. The van der Waals surface area contributed by atoms with Crippen LogP contribution in [-0.2, 0) is 5.41 Å². The lowest BCUT2D eigenvalue weighted by molar-refractivity contribution is 0.590. The van der Waals surface area contributed by atoms with Crippen LogP contribution in [0.15, 0.2) is 186 Å². The maximum Gasteiger partial charge on any atom is 0.198 e. The molecule has 1 N–H and O–H groups in total. The topological polar surface area (TPSA) is 30.1 Å². The molecule has 9 aromatic carbocycles. The second-order valence-electron chi connectivity index (χ2n) is 18.9. The van der Waals surface area contributed by atoms with Gasteiger partial charge in [0.15, 0.2) is 7.28 Å². The van der Waals surface area contributed by atoms with Crippen molar-refractivity contribution in [2.24, 2.45) is 0 Å². The van der Waals surface area contributed by atoms with Gasteiger partial charge in [-0.3, -0.25) is 0 Å². The molecule has 1 aliphatic rings. The molecule has 0 unspecified atom stereocenters. The molecule has 5 heterocycles. The van der Waals surface area contributed by atoms with Crippen LogP contribution in [0.25, 0.3) is 112 Å². The van der Waals surface area contributed by atoms with Gasteiger partial charge >= 0.3 is 0 Å². The molecule has 66 heavy (non-hydrogen) atoms. The van der Waals surface area contributed by atoms with Crippen LogP contribution < -0.4 is 16.2 Å². The van der Waals surface area contributed by atoms with Gasteiger partial charge in [-0.2, -0.15) is 0 Å². The molecule has 0 saturated carbocycles. The third kappa shape index (κ3) is 5.68. The minimum absolute atomic E-state index is 0.0712. The van der Waals surface area contributed by atoms with Gasteiger partial charge in [-0.15, -0.1) is 22.7 Å². The Labute approximate surface area is 390 Å². The fraction of sp³-hybridized carbons (Fsp3) is 0.0667. The normalized spacial score (nSPS) is 12.6. The average Bonchev–Trinajstić information content (AvgIpc) is 4.10. The molecular formula is C60H41BN2OS2. The third-order valence-electron chi connectivity index (χ3n) is 14.0. The SMILES string of the molecule is CC(C)(C)c1ccc(Nc2cc3sc4ccccc4c3cc2-c2ccc3c4cc5c(cc4n4c3c2Bc2cc3c(-c6ccccc6)oc(-c6ccccc6)c3cc2-4)sc2ccccc25)cc1. The Kier molecular flexibility index (Phi) is 8.09. The standard InChI is InChI=1S/C60H41BN2OS2/c1-60(2,3)36-22-24-37(25-23-36)62-49-32-54-44(38-18-10-12-20-52(38)65-54)28-42(49)40-26-27-41-43-29-45-39-19-11-13-21-53(39)66-55(45)33-50(43)63-51-31-47-46(30-48(51)61-56(40)57(41)63)58(34-14-6-4-7-15-34)64-59(47)35-16-8-5-9-17-35/h4-33,61-62H,1-3H3. The van der Waals surface area contributed by atoms with Crippen LogP contribution in [0.1, 0.15) is 26.3 Å². The van der Waals surface area contributed by atoms with E-state index in [2.05, 4.69) is 213 Å². The molecule has 0 spiro atoms. The number of thiophene rings is 2. The smallest absolute Gasteiger partial charge is 0.198 e. The number of nitrogens with zero attached hydrogens (tertiary/aromatic N) is 1. The number of aromatic nitrogens is 1. The van der Waals surface area contributed by atoms with Gasteiger partial charge < -0.3 is 14.3 Å². The van der Waals surface area contributed by atoms with Crippen LogP contribution in [0.3, 0.4) is 0 Å². The third-order valence-corrected chi connectivity index (χ3v) is 16.2. The van der Waals surface area contributed by atoms with Gasteiger partial charge in [-0.05, 0) is 76.6 Å². The second kappa shape index (κ2) is 14.1. The van der Waals surface area contributed by atoms with E-state index < -0.39 is 0 Å². The molecule has 0 aliphatic carbocycles. The highest BCUT2D eigenvalue weighted by molar-refractivity contribution is 7.26. The molecule has 13 aromatic rings. The summed E-state index contributed by atoms with van der Waals surface area (Å²) >= 11 is 3.75. The number of fused-ring (bicyclic) bond motifs is 12. The number of rotatable bonds is 5. The van der Waals surface area contributed by atoms with Crippen molar-refractivity contribution in [1.82, 2.24) is 4.57 Å². The van der Waals surface area contributed by atoms with E-state index >= 15 is 0 Å². The van der Waals surface area contributed by atoms with E-state index in [9.17, 15) is 0 Å². The highest BCUT2D eigenvalue weighted by atomic mass is 32.1. The zero-order valence-corrected chi connectivity index (χ0v) is 38.3. The van der Waals surface area contributed by atoms with Crippen molar-refractivity contribution in [2.45, 2.75) is 26.2 Å². The molecule has 0 bridgehead atoms. The molecule has 0 atom stereocenters. The Bertz CT molecular complexity index is 4130. The quantitative estimate of drug-likeness (QED) is 0.175. The van der Waals surface area contributed by atoms with E-state index in [1.165, 1.54) is 95.5 Å². The Balaban J connectivity index is 1.07. The molecule has 3 nitrogen and oxygen atoms in total. The summed E-state index contributed by atoms with van der Waals surface area (Å²) in [6.45, 7) is 6.82. The van der Waals surface area contributed by atoms with E-state index in [0.29, 0.717) is 0 Å². The summed E-state index contributed by atoms with van der Waals surface area (Å²) in [7, 11) is 0.772. The monoisotopic (exact) mass is 880 g/mol. The predicted octanol–water partition coefficient (Wildman–Crippen LogP) is 16.0. The van der Waals surface area contributed by atoms with Gasteiger partial charge in [0.05, 0.1) is 5.52 Å². The lowest BCUT2D eigenvalue weighted by atomic mass is 9.58. The highest BCUT2D eigenvalue weighted by Crippen LogP contribution is 2.46. The van der Waals surface area contributed by atoms with Crippen LogP contribution in [0.5, 0.6) is 0 Å². The van der Waals surface area contributed by atoms with Crippen LogP contribution in [0, 0.1) is 0 Å². The number of hydrogen-bond acceptors (Lipinski definition) is 4. The van der Waals surface area contributed by atoms with Gasteiger partial charge in [0.1, 0.15) is 11.5 Å². The fourth-order valence-electron chi connectivity index (χ4n) is 10.7. The summed E-state index contributed by atoms with van der Waals surface area (Å²) < 4.78 is 14.8. The summed E-state index contributed by atoms with van der Waals surface area (Å²) in [5.41, 5.74) is 14.5. The number of hydrogen-bond donors (Lipinski definition) is 1. The minimum Gasteiger partial charge on any atom is -0.455 e. The van der Waals surface area contributed by atoms with E-state index in [4.69, 9.17) is 4.42 Å². The minimum atomic E-state index is 0.0712. The summed E-state index contributed by atoms with van der Waals surface area (Å²) in [6.07, 6.45) is 0. The van der Waals surface area contributed by atoms with Gasteiger partial charge in [0.2, 0.25) is 0 Å². The molecule has 0 radical (unpaired) electrons. The van der Waals surface area contributed by atoms with Crippen molar-refractivity contribution in [1.29, 1.82) is 0 Å². The zero-order chi connectivity index (χ0) is 43.8. The molecule has 0 amide bonds. The predicted molar refractivity (Wildman–Crippen MR) is 287 cm³/mol. The number of benzene rings is 9. The molecule has 312 valence electrons. The molecule has 14 rings (SSSR count). The second-order valence-corrected chi connectivity index (χ2v) is 21.1. The first kappa shape index (κ1) is 37.9. The van der Waals surface area contributed by atoms with Crippen LogP contribution in [-0.4, -0.2) is 11.8 Å². The Morgan fingerprint density at radius 3 is 1.76 bits per heavy atom. The van der Waals surface area contributed by atoms with Crippen LogP contribution in [0.2, 0.25) is 0 Å². The van der Waals surface area contributed by atoms with Gasteiger partial charge in [-0.25, -0.2) is 0 Å². The molecular weight excluding hydrogens is 840 g/mol. The van der Waals surface area contributed by atoms with Crippen molar-refractivity contribution in [3.8, 4) is 39.5 Å². The van der Waals surface area contributed by atoms with Crippen LogP contribution >= 0.6 is 22.7 Å². The Morgan fingerprint density at radius 2 is 1.09 bits per heavy atom. The lowest BCUT2D eigenvalue weighted by Crippen LogP contribution is -2.37. The molecule has 1 aliphatic heterocycles. The maximum absolute atomic E-state index is 7.01. The average molecular weight is 881 g/mol. The fourth-order valence-corrected chi connectivity index (χ4v) is 13.0. The number of anilines is 2. The van der Waals surface area contributed by atoms with Crippen molar-refractivity contribution < 1.29 is 4.42 Å². The number of nitrogens with one attached hydrogen (secondary N) is 1. The van der Waals surface area contributed by atoms with Gasteiger partial charge in [0.25, 0.3) is 0 Å². The van der Waals surface area contributed by atoms with Gasteiger partial charge in [0, 0.05) is 101 Å². The molecule has 4 aromatic heterocycles. The van der Waals surface area contributed by atoms with E-state index in [0.717, 1.165) is 52.1 Å². The Hall–Kier alpha value is -7.38. The van der Waals surface area contributed by atoms with Crippen molar-refractivity contribution in [3.63, 3.8) is 0 Å². The number of furan rings is 1. The lowest BCUT2D eigenvalue weighted by Gasteiger charge is -2.24. The molecule has 6 heteroatoms. The molecule has 0 saturated heterocycles.